The van der Waals surface area contributed by atoms with Gasteiger partial charge in [-0.15, -0.1) is 11.8 Å². The van der Waals surface area contributed by atoms with Crippen molar-refractivity contribution in [2.75, 3.05) is 45.9 Å². The number of hydrogen-bond donors (Lipinski definition) is 0. The van der Waals surface area contributed by atoms with E-state index in [1.54, 1.807) is 0 Å². The Kier molecular flexibility index (Phi) is 8.56. The molecule has 5 nitrogen and oxygen atoms in total. The maximum Gasteiger partial charge on any atom is 0.235 e. The molecule has 1 saturated heterocycles. The lowest BCUT2D eigenvalue weighted by Crippen LogP contribution is -2.45. The van der Waals surface area contributed by atoms with Crippen LogP contribution in [0, 0.1) is 11.3 Å². The number of amides is 1. The first-order chi connectivity index (χ1) is 12.1. The number of carbonyl (C=O) groups excluding carboxylic acids is 1. The monoisotopic (exact) mass is 381 g/mol. The molecule has 1 aromatic carbocycles. The van der Waals surface area contributed by atoms with Crippen LogP contribution in [0.3, 0.4) is 0 Å². The molecule has 1 amide bonds. The Morgan fingerprint density at radius 3 is 2.68 bits per heavy atom. The summed E-state index contributed by atoms with van der Waals surface area (Å²) in [5.74, 6) is 0.0726. The molecule has 0 aliphatic carbocycles. The summed E-state index contributed by atoms with van der Waals surface area (Å²) >= 11 is 7.42. The number of rotatable bonds is 8. The van der Waals surface area contributed by atoms with Crippen LogP contribution in [0.2, 0.25) is 5.02 Å². The summed E-state index contributed by atoms with van der Waals surface area (Å²) in [7, 11) is 0. The van der Waals surface area contributed by atoms with E-state index in [1.807, 2.05) is 36.1 Å². The SMILES string of the molecule is CC(Sc1ccc(Cl)cc1)C(=O)N(CCC#N)CCN1CCOCC1. The van der Waals surface area contributed by atoms with Crippen LogP contribution in [0.4, 0.5) is 0 Å². The minimum atomic E-state index is -0.204. The third-order valence-corrected chi connectivity index (χ3v) is 5.42. The Balaban J connectivity index is 1.90. The predicted molar refractivity (Wildman–Crippen MR) is 101 cm³/mol. The molecule has 1 unspecified atom stereocenters. The zero-order valence-corrected chi connectivity index (χ0v) is 16.1. The molecule has 1 heterocycles. The van der Waals surface area contributed by atoms with Gasteiger partial charge in [0, 0.05) is 42.6 Å². The normalized spacial score (nSPS) is 16.2. The zero-order chi connectivity index (χ0) is 18.1. The quantitative estimate of drug-likeness (QED) is 0.648. The summed E-state index contributed by atoms with van der Waals surface area (Å²) in [6.45, 7) is 7.14. The van der Waals surface area contributed by atoms with Crippen molar-refractivity contribution in [1.82, 2.24) is 9.80 Å². The van der Waals surface area contributed by atoms with E-state index in [-0.39, 0.29) is 11.2 Å². The first-order valence-corrected chi connectivity index (χ1v) is 9.74. The Morgan fingerprint density at radius 2 is 2.04 bits per heavy atom. The van der Waals surface area contributed by atoms with Gasteiger partial charge < -0.3 is 9.64 Å². The summed E-state index contributed by atoms with van der Waals surface area (Å²) in [5.41, 5.74) is 0. The van der Waals surface area contributed by atoms with Crippen LogP contribution in [0.25, 0.3) is 0 Å². The van der Waals surface area contributed by atoms with Crippen molar-refractivity contribution in [3.8, 4) is 6.07 Å². The van der Waals surface area contributed by atoms with Crippen LogP contribution >= 0.6 is 23.4 Å². The second kappa shape index (κ2) is 10.7. The van der Waals surface area contributed by atoms with Gasteiger partial charge in [0.2, 0.25) is 5.91 Å². The summed E-state index contributed by atoms with van der Waals surface area (Å²) in [6, 6.07) is 9.63. The zero-order valence-electron chi connectivity index (χ0n) is 14.5. The summed E-state index contributed by atoms with van der Waals surface area (Å²) in [4.78, 5) is 17.9. The molecule has 0 spiro atoms. The van der Waals surface area contributed by atoms with Crippen LogP contribution < -0.4 is 0 Å². The van der Waals surface area contributed by atoms with E-state index in [9.17, 15) is 4.79 Å². The van der Waals surface area contributed by atoms with Crippen molar-refractivity contribution in [2.24, 2.45) is 0 Å². The van der Waals surface area contributed by atoms with Gasteiger partial charge in [-0.05, 0) is 31.2 Å². The van der Waals surface area contributed by atoms with Crippen LogP contribution in [0.1, 0.15) is 13.3 Å². The second-order valence-electron chi connectivity index (χ2n) is 5.90. The molecule has 0 radical (unpaired) electrons. The fourth-order valence-electron chi connectivity index (χ4n) is 2.63. The van der Waals surface area contributed by atoms with Crippen LogP contribution in [0.5, 0.6) is 0 Å². The number of carbonyl (C=O) groups is 1. The fourth-order valence-corrected chi connectivity index (χ4v) is 3.71. The standard InChI is InChI=1S/C18H24ClN3O2S/c1-15(25-17-5-3-16(19)4-6-17)18(23)22(8-2-7-20)10-9-21-11-13-24-14-12-21/h3-6,15H,2,8-14H2,1H3. The highest BCUT2D eigenvalue weighted by Gasteiger charge is 2.22. The van der Waals surface area contributed by atoms with Gasteiger partial charge in [-0.2, -0.15) is 5.26 Å². The molecule has 0 saturated carbocycles. The third kappa shape index (κ3) is 6.87. The van der Waals surface area contributed by atoms with Gasteiger partial charge in [-0.3, -0.25) is 9.69 Å². The van der Waals surface area contributed by atoms with E-state index in [1.165, 1.54) is 11.8 Å². The number of nitriles is 1. The first kappa shape index (κ1) is 20.1. The molecule has 136 valence electrons. The number of halogens is 1. The number of thioether (sulfide) groups is 1. The van der Waals surface area contributed by atoms with Gasteiger partial charge >= 0.3 is 0 Å². The smallest absolute Gasteiger partial charge is 0.235 e. The Morgan fingerprint density at radius 1 is 1.36 bits per heavy atom. The first-order valence-electron chi connectivity index (χ1n) is 8.48. The molecule has 1 aromatic rings. The van der Waals surface area contributed by atoms with Gasteiger partial charge in [0.1, 0.15) is 0 Å². The van der Waals surface area contributed by atoms with Gasteiger partial charge in [0.25, 0.3) is 0 Å². The highest BCUT2D eigenvalue weighted by molar-refractivity contribution is 8.00. The molecular weight excluding hydrogens is 358 g/mol. The van der Waals surface area contributed by atoms with Crippen LogP contribution in [0.15, 0.2) is 29.2 Å². The van der Waals surface area contributed by atoms with E-state index in [2.05, 4.69) is 11.0 Å². The molecule has 1 atom stereocenters. The summed E-state index contributed by atoms with van der Waals surface area (Å²) in [6.07, 6.45) is 0.354. The number of benzene rings is 1. The van der Waals surface area contributed by atoms with Gasteiger partial charge in [-0.25, -0.2) is 0 Å². The largest absolute Gasteiger partial charge is 0.379 e. The van der Waals surface area contributed by atoms with Gasteiger partial charge in [0.05, 0.1) is 31.0 Å². The molecule has 7 heteroatoms. The number of nitrogens with zero attached hydrogens (tertiary/aromatic N) is 3. The van der Waals surface area contributed by atoms with Gasteiger partial charge in [-0.1, -0.05) is 11.6 Å². The highest BCUT2D eigenvalue weighted by atomic mass is 35.5. The van der Waals surface area contributed by atoms with Crippen molar-refractivity contribution >= 4 is 29.3 Å². The lowest BCUT2D eigenvalue weighted by molar-refractivity contribution is -0.130. The molecule has 1 aliphatic heterocycles. The fraction of sp³-hybridized carbons (Fsp3) is 0.556. The number of hydrogen-bond acceptors (Lipinski definition) is 5. The van der Waals surface area contributed by atoms with Crippen LogP contribution in [-0.4, -0.2) is 66.9 Å². The lowest BCUT2D eigenvalue weighted by Gasteiger charge is -2.31. The van der Waals surface area contributed by atoms with E-state index >= 15 is 0 Å². The highest BCUT2D eigenvalue weighted by Crippen LogP contribution is 2.26. The average molecular weight is 382 g/mol. The predicted octanol–water partition coefficient (Wildman–Crippen LogP) is 2.90. The molecule has 1 fully saturated rings. The summed E-state index contributed by atoms with van der Waals surface area (Å²) < 4.78 is 5.35. The summed E-state index contributed by atoms with van der Waals surface area (Å²) in [5, 5.41) is 9.36. The third-order valence-electron chi connectivity index (χ3n) is 4.07. The topological polar surface area (TPSA) is 56.6 Å². The molecule has 0 bridgehead atoms. The van der Waals surface area contributed by atoms with E-state index in [0.717, 1.165) is 37.7 Å². The molecule has 0 aromatic heterocycles. The maximum atomic E-state index is 12.8. The average Bonchev–Trinajstić information content (AvgIpc) is 2.64. The van der Waals surface area contributed by atoms with Crippen molar-refractivity contribution in [1.29, 1.82) is 5.26 Å². The van der Waals surface area contributed by atoms with Crippen molar-refractivity contribution in [2.45, 2.75) is 23.5 Å². The Labute approximate surface area is 158 Å². The maximum absolute atomic E-state index is 12.8. The van der Waals surface area contributed by atoms with Crippen molar-refractivity contribution in [3.63, 3.8) is 0 Å². The Hall–Kier alpha value is -1.26. The molecule has 1 aliphatic rings. The molecular formula is C18H24ClN3O2S. The lowest BCUT2D eigenvalue weighted by atomic mass is 10.3. The Bertz CT molecular complexity index is 585. The van der Waals surface area contributed by atoms with E-state index in [0.29, 0.717) is 24.5 Å². The molecule has 0 N–H and O–H groups in total. The number of ether oxygens (including phenoxy) is 1. The molecule has 25 heavy (non-hydrogen) atoms. The van der Waals surface area contributed by atoms with E-state index < -0.39 is 0 Å². The van der Waals surface area contributed by atoms with Crippen LogP contribution in [-0.2, 0) is 9.53 Å². The minimum absolute atomic E-state index is 0.0726. The van der Waals surface area contributed by atoms with Crippen molar-refractivity contribution < 1.29 is 9.53 Å². The van der Waals surface area contributed by atoms with Gasteiger partial charge in [0.15, 0.2) is 0 Å². The van der Waals surface area contributed by atoms with E-state index in [4.69, 9.17) is 21.6 Å². The minimum Gasteiger partial charge on any atom is -0.379 e. The number of morpholine rings is 1. The molecule has 2 rings (SSSR count). The van der Waals surface area contributed by atoms with Crippen molar-refractivity contribution in [3.05, 3.63) is 29.3 Å². The second-order valence-corrected chi connectivity index (χ2v) is 7.75.